The van der Waals surface area contributed by atoms with E-state index in [2.05, 4.69) is 99.9 Å². The van der Waals surface area contributed by atoms with Gasteiger partial charge in [-0.2, -0.15) is 0 Å². The molecule has 2 aromatic carbocycles. The Labute approximate surface area is 185 Å². The highest BCUT2D eigenvalue weighted by Gasteiger charge is 2.01. The highest BCUT2D eigenvalue weighted by atomic mass is 14.9. The first-order valence-electron chi connectivity index (χ1n) is 11.6. The van der Waals surface area contributed by atoms with Crippen molar-refractivity contribution < 1.29 is 0 Å². The van der Waals surface area contributed by atoms with Crippen LogP contribution in [0.2, 0.25) is 0 Å². The van der Waals surface area contributed by atoms with E-state index in [1.165, 1.54) is 39.2 Å². The van der Waals surface area contributed by atoms with Crippen LogP contribution in [0.5, 0.6) is 0 Å². The SMILES string of the molecule is CC.CCC(=C/C=C(\C)NCc1ccc(CNc2ccc(CC)cc2)cc1C)CC. The molecule has 0 aliphatic heterocycles. The Balaban J connectivity index is 0.00000218. The molecule has 0 saturated heterocycles. The second-order valence-electron chi connectivity index (χ2n) is 7.40. The molecule has 2 rings (SSSR count). The first-order chi connectivity index (χ1) is 14.5. The Kier molecular flexibility index (Phi) is 12.3. The third-order valence-electron chi connectivity index (χ3n) is 5.30. The fourth-order valence-electron chi connectivity index (χ4n) is 3.15. The monoisotopic (exact) mass is 406 g/mol. The number of aryl methyl sites for hydroxylation is 2. The van der Waals surface area contributed by atoms with Crippen LogP contribution in [0, 0.1) is 6.92 Å². The molecule has 2 nitrogen and oxygen atoms in total. The van der Waals surface area contributed by atoms with E-state index < -0.39 is 0 Å². The van der Waals surface area contributed by atoms with E-state index in [-0.39, 0.29) is 0 Å². The van der Waals surface area contributed by atoms with Crippen LogP contribution in [0.15, 0.2) is 65.9 Å². The van der Waals surface area contributed by atoms with Crippen molar-refractivity contribution >= 4 is 5.69 Å². The number of nitrogens with one attached hydrogen (secondary N) is 2. The van der Waals surface area contributed by atoms with Crippen molar-refractivity contribution in [2.75, 3.05) is 5.32 Å². The Hall–Kier alpha value is -2.48. The largest absolute Gasteiger partial charge is 0.384 e. The van der Waals surface area contributed by atoms with E-state index in [0.29, 0.717) is 0 Å². The Bertz CT molecular complexity index is 792. The molecule has 0 bridgehead atoms. The predicted octanol–water partition coefficient (Wildman–Crippen LogP) is 7.94. The van der Waals surface area contributed by atoms with Gasteiger partial charge in [-0.3, -0.25) is 0 Å². The average molecular weight is 407 g/mol. The van der Waals surface area contributed by atoms with Gasteiger partial charge in [0, 0.05) is 24.5 Å². The topological polar surface area (TPSA) is 24.1 Å². The molecule has 0 aliphatic rings. The maximum absolute atomic E-state index is 3.53. The lowest BCUT2D eigenvalue weighted by Crippen LogP contribution is -2.11. The van der Waals surface area contributed by atoms with Crippen molar-refractivity contribution in [3.8, 4) is 0 Å². The van der Waals surface area contributed by atoms with E-state index in [1.54, 1.807) is 0 Å². The highest BCUT2D eigenvalue weighted by Crippen LogP contribution is 2.15. The molecular formula is C28H42N2. The minimum absolute atomic E-state index is 0.848. The Morgan fingerprint density at radius 1 is 0.833 bits per heavy atom. The summed E-state index contributed by atoms with van der Waals surface area (Å²) in [5.41, 5.74) is 9.23. The van der Waals surface area contributed by atoms with Crippen LogP contribution in [0.25, 0.3) is 0 Å². The molecule has 164 valence electrons. The van der Waals surface area contributed by atoms with Crippen LogP contribution in [0.1, 0.15) is 76.6 Å². The Morgan fingerprint density at radius 2 is 1.47 bits per heavy atom. The van der Waals surface area contributed by atoms with Crippen LogP contribution >= 0.6 is 0 Å². The number of benzene rings is 2. The molecule has 2 aromatic rings. The van der Waals surface area contributed by atoms with Crippen molar-refractivity contribution in [1.82, 2.24) is 5.32 Å². The molecule has 2 heteroatoms. The summed E-state index contributed by atoms with van der Waals surface area (Å²) < 4.78 is 0. The van der Waals surface area contributed by atoms with Gasteiger partial charge < -0.3 is 10.6 Å². The van der Waals surface area contributed by atoms with Gasteiger partial charge in [-0.1, -0.05) is 76.6 Å². The molecule has 0 spiro atoms. The zero-order chi connectivity index (χ0) is 22.4. The first-order valence-corrected chi connectivity index (χ1v) is 11.6. The molecule has 0 heterocycles. The molecule has 0 atom stereocenters. The summed E-state index contributed by atoms with van der Waals surface area (Å²) in [5.74, 6) is 0. The minimum atomic E-state index is 0.848. The molecule has 0 fully saturated rings. The summed E-state index contributed by atoms with van der Waals surface area (Å²) in [5, 5.41) is 7.05. The lowest BCUT2D eigenvalue weighted by Gasteiger charge is -2.12. The first kappa shape index (κ1) is 25.6. The van der Waals surface area contributed by atoms with Crippen molar-refractivity contribution in [3.05, 3.63) is 88.1 Å². The van der Waals surface area contributed by atoms with Crippen LogP contribution in [0.4, 0.5) is 5.69 Å². The van der Waals surface area contributed by atoms with Gasteiger partial charge in [-0.25, -0.2) is 0 Å². The van der Waals surface area contributed by atoms with Crippen LogP contribution < -0.4 is 10.6 Å². The third kappa shape index (κ3) is 8.90. The molecule has 0 amide bonds. The molecule has 0 aromatic heterocycles. The number of hydrogen-bond acceptors (Lipinski definition) is 2. The summed E-state index contributed by atoms with van der Waals surface area (Å²) in [4.78, 5) is 0. The van der Waals surface area contributed by atoms with Crippen LogP contribution in [-0.2, 0) is 19.5 Å². The van der Waals surface area contributed by atoms with Crippen molar-refractivity contribution in [2.45, 2.75) is 80.8 Å². The highest BCUT2D eigenvalue weighted by molar-refractivity contribution is 5.45. The normalized spacial score (nSPS) is 10.7. The fourth-order valence-corrected chi connectivity index (χ4v) is 3.15. The van der Waals surface area contributed by atoms with Gasteiger partial charge in [0.1, 0.15) is 0 Å². The Morgan fingerprint density at radius 3 is 2.03 bits per heavy atom. The van der Waals surface area contributed by atoms with Gasteiger partial charge in [0.05, 0.1) is 0 Å². The smallest absolute Gasteiger partial charge is 0.0400 e. The van der Waals surface area contributed by atoms with Crippen molar-refractivity contribution in [1.29, 1.82) is 0 Å². The quantitative estimate of drug-likeness (QED) is 0.391. The molecule has 30 heavy (non-hydrogen) atoms. The van der Waals surface area contributed by atoms with E-state index in [0.717, 1.165) is 32.4 Å². The van der Waals surface area contributed by atoms with Gasteiger partial charge in [-0.05, 0) is 73.6 Å². The summed E-state index contributed by atoms with van der Waals surface area (Å²) >= 11 is 0. The summed E-state index contributed by atoms with van der Waals surface area (Å²) in [7, 11) is 0. The second kappa shape index (κ2) is 14.5. The maximum Gasteiger partial charge on any atom is 0.0400 e. The summed E-state index contributed by atoms with van der Waals surface area (Å²) in [6.45, 7) is 16.7. The summed E-state index contributed by atoms with van der Waals surface area (Å²) in [6.07, 6.45) is 7.77. The average Bonchev–Trinajstić information content (AvgIpc) is 2.79. The summed E-state index contributed by atoms with van der Waals surface area (Å²) in [6, 6.07) is 15.5. The van der Waals surface area contributed by atoms with Crippen LogP contribution in [-0.4, -0.2) is 0 Å². The van der Waals surface area contributed by atoms with E-state index in [4.69, 9.17) is 0 Å². The molecular weight excluding hydrogens is 364 g/mol. The molecule has 0 unspecified atom stereocenters. The van der Waals surface area contributed by atoms with Gasteiger partial charge in [0.15, 0.2) is 0 Å². The second-order valence-corrected chi connectivity index (χ2v) is 7.40. The van der Waals surface area contributed by atoms with E-state index >= 15 is 0 Å². The zero-order valence-electron chi connectivity index (χ0n) is 20.2. The van der Waals surface area contributed by atoms with Crippen molar-refractivity contribution in [2.24, 2.45) is 0 Å². The van der Waals surface area contributed by atoms with Crippen molar-refractivity contribution in [3.63, 3.8) is 0 Å². The minimum Gasteiger partial charge on any atom is -0.384 e. The van der Waals surface area contributed by atoms with E-state index in [9.17, 15) is 0 Å². The van der Waals surface area contributed by atoms with Gasteiger partial charge in [-0.15, -0.1) is 0 Å². The number of allylic oxidation sites excluding steroid dienone is 4. The number of anilines is 1. The van der Waals surface area contributed by atoms with E-state index in [1.807, 2.05) is 13.8 Å². The van der Waals surface area contributed by atoms with Gasteiger partial charge in [0.25, 0.3) is 0 Å². The molecule has 0 radical (unpaired) electrons. The van der Waals surface area contributed by atoms with Crippen LogP contribution in [0.3, 0.4) is 0 Å². The fraction of sp³-hybridized carbons (Fsp3) is 0.429. The van der Waals surface area contributed by atoms with Gasteiger partial charge in [0.2, 0.25) is 0 Å². The zero-order valence-corrected chi connectivity index (χ0v) is 20.2. The number of hydrogen-bond donors (Lipinski definition) is 2. The predicted molar refractivity (Wildman–Crippen MR) is 135 cm³/mol. The molecule has 0 aliphatic carbocycles. The maximum atomic E-state index is 3.53. The lowest BCUT2D eigenvalue weighted by molar-refractivity contribution is 0.805. The number of rotatable bonds is 10. The van der Waals surface area contributed by atoms with Gasteiger partial charge >= 0.3 is 0 Å². The standard InChI is InChI=1S/C26H36N2.C2H6/c1-6-22(7-2)10-9-21(5)27-19-25-14-11-24(17-20(25)4)18-28-26-15-12-23(8-3)13-16-26;1-2/h9-17,27-28H,6-8,18-19H2,1-5H3;1-2H3/b21-9+;. The molecule has 0 saturated carbocycles. The third-order valence-corrected chi connectivity index (χ3v) is 5.30. The lowest BCUT2D eigenvalue weighted by atomic mass is 10.0. The molecule has 2 N–H and O–H groups in total.